The summed E-state index contributed by atoms with van der Waals surface area (Å²) in [6.07, 6.45) is -3.26. The molecule has 3 rings (SSSR count). The summed E-state index contributed by atoms with van der Waals surface area (Å²) < 4.78 is 59.0. The first-order chi connectivity index (χ1) is 15.6. The predicted octanol–water partition coefficient (Wildman–Crippen LogP) is 5.50. The van der Waals surface area contributed by atoms with Gasteiger partial charge in [-0.2, -0.15) is 13.2 Å². The van der Waals surface area contributed by atoms with E-state index in [1.165, 1.54) is 37.5 Å². The third-order valence-corrected chi connectivity index (χ3v) is 4.51. The molecule has 0 aliphatic heterocycles. The molecule has 0 spiro atoms. The molecule has 0 fully saturated rings. The van der Waals surface area contributed by atoms with Crippen molar-refractivity contribution in [1.82, 2.24) is 10.3 Å². The average Bonchev–Trinajstić information content (AvgIpc) is 2.76. The molecule has 172 valence electrons. The van der Waals surface area contributed by atoms with Gasteiger partial charge in [0, 0.05) is 25.0 Å². The largest absolute Gasteiger partial charge is 0.455 e. The van der Waals surface area contributed by atoms with Gasteiger partial charge in [-0.05, 0) is 42.5 Å². The molecule has 1 aromatic heterocycles. The summed E-state index contributed by atoms with van der Waals surface area (Å²) in [6.45, 7) is 0. The highest BCUT2D eigenvalue weighted by Crippen LogP contribution is 2.36. The number of halogens is 5. The van der Waals surface area contributed by atoms with Crippen LogP contribution in [0.5, 0.6) is 11.5 Å². The smallest absolute Gasteiger partial charge is 0.417 e. The Kier molecular flexibility index (Phi) is 7.02. The molecule has 0 radical (unpaired) electrons. The second-order valence-corrected chi connectivity index (χ2v) is 6.90. The van der Waals surface area contributed by atoms with Crippen LogP contribution in [-0.2, 0) is 6.18 Å². The molecule has 1 amide bonds. The van der Waals surface area contributed by atoms with Crippen molar-refractivity contribution in [2.24, 2.45) is 0 Å². The molecule has 0 atom stereocenters. The number of hydrogen-bond donors (Lipinski definition) is 4. The Hall–Kier alpha value is -3.86. The number of nitrogens with zero attached hydrogens (tertiary/aromatic N) is 1. The minimum atomic E-state index is -4.67. The van der Waals surface area contributed by atoms with E-state index in [4.69, 9.17) is 21.7 Å². The standard InChI is InChI=1S/C21H16ClF4N5O2/c1-28-19(32)18-17(3-2-8-29-18)33-12-5-7-16(15(23)10-12)31-20(27)30-11-4-6-14(22)13(9-11)21(24,25)26/h2-10H,1H3,(H,28,32)(H3,27,30,31). The number of guanidine groups is 1. The van der Waals surface area contributed by atoms with Crippen LogP contribution in [0.25, 0.3) is 0 Å². The molecule has 4 N–H and O–H groups in total. The number of nitrogens with one attached hydrogen (secondary N) is 4. The molecule has 3 aromatic rings. The summed E-state index contributed by atoms with van der Waals surface area (Å²) in [5.74, 6) is -1.61. The molecule has 33 heavy (non-hydrogen) atoms. The first-order valence-corrected chi connectivity index (χ1v) is 9.60. The van der Waals surface area contributed by atoms with E-state index in [2.05, 4.69) is 20.9 Å². The fourth-order valence-electron chi connectivity index (χ4n) is 2.68. The number of alkyl halides is 3. The highest BCUT2D eigenvalue weighted by molar-refractivity contribution is 6.31. The van der Waals surface area contributed by atoms with E-state index < -0.39 is 34.4 Å². The number of benzene rings is 2. The zero-order chi connectivity index (χ0) is 24.2. The monoisotopic (exact) mass is 481 g/mol. The lowest BCUT2D eigenvalue weighted by Crippen LogP contribution is -2.21. The number of rotatable bonds is 5. The second kappa shape index (κ2) is 9.74. The molecule has 0 aliphatic carbocycles. The van der Waals surface area contributed by atoms with Crippen molar-refractivity contribution in [2.75, 3.05) is 17.7 Å². The number of carbonyl (C=O) groups excluding carboxylic acids is 1. The Bertz CT molecular complexity index is 1200. The molecule has 0 saturated carbocycles. The number of ether oxygens (including phenoxy) is 1. The van der Waals surface area contributed by atoms with Gasteiger partial charge >= 0.3 is 6.18 Å². The molecular weight excluding hydrogens is 466 g/mol. The maximum Gasteiger partial charge on any atom is 0.417 e. The second-order valence-electron chi connectivity index (χ2n) is 6.49. The van der Waals surface area contributed by atoms with Crippen LogP contribution in [0.4, 0.5) is 28.9 Å². The Labute approximate surface area is 190 Å². The minimum absolute atomic E-state index is 0.00905. The van der Waals surface area contributed by atoms with Crippen LogP contribution < -0.4 is 20.7 Å². The summed E-state index contributed by atoms with van der Waals surface area (Å²) in [6, 6.07) is 9.72. The van der Waals surface area contributed by atoms with Crippen molar-refractivity contribution in [2.45, 2.75) is 6.18 Å². The van der Waals surface area contributed by atoms with Crippen LogP contribution in [0.3, 0.4) is 0 Å². The normalized spacial score (nSPS) is 11.0. The Balaban J connectivity index is 1.72. The predicted molar refractivity (Wildman–Crippen MR) is 116 cm³/mol. The highest BCUT2D eigenvalue weighted by atomic mass is 35.5. The molecule has 0 unspecified atom stereocenters. The van der Waals surface area contributed by atoms with Crippen molar-refractivity contribution < 1.29 is 27.1 Å². The van der Waals surface area contributed by atoms with Crippen molar-refractivity contribution in [1.29, 1.82) is 5.41 Å². The summed E-state index contributed by atoms with van der Waals surface area (Å²) in [4.78, 5) is 15.8. The van der Waals surface area contributed by atoms with E-state index in [1.54, 1.807) is 6.07 Å². The first-order valence-electron chi connectivity index (χ1n) is 9.22. The summed E-state index contributed by atoms with van der Waals surface area (Å²) in [7, 11) is 1.43. The lowest BCUT2D eigenvalue weighted by Gasteiger charge is -2.15. The first kappa shape index (κ1) is 23.8. The fourth-order valence-corrected chi connectivity index (χ4v) is 2.90. The maximum absolute atomic E-state index is 14.5. The van der Waals surface area contributed by atoms with E-state index in [-0.39, 0.29) is 28.6 Å². The number of amides is 1. The van der Waals surface area contributed by atoms with Gasteiger partial charge < -0.3 is 20.7 Å². The van der Waals surface area contributed by atoms with Crippen molar-refractivity contribution in [3.63, 3.8) is 0 Å². The lowest BCUT2D eigenvalue weighted by molar-refractivity contribution is -0.137. The van der Waals surface area contributed by atoms with Gasteiger partial charge in [0.1, 0.15) is 11.6 Å². The van der Waals surface area contributed by atoms with E-state index >= 15 is 0 Å². The van der Waals surface area contributed by atoms with Crippen molar-refractivity contribution >= 4 is 34.8 Å². The van der Waals surface area contributed by atoms with E-state index in [0.717, 1.165) is 18.2 Å². The topological polar surface area (TPSA) is 99.1 Å². The van der Waals surface area contributed by atoms with Gasteiger partial charge in [0.25, 0.3) is 5.91 Å². The van der Waals surface area contributed by atoms with E-state index in [9.17, 15) is 22.4 Å². The number of hydrogen-bond acceptors (Lipinski definition) is 4. The third-order valence-electron chi connectivity index (χ3n) is 4.18. The Morgan fingerprint density at radius 1 is 1.12 bits per heavy atom. The van der Waals surface area contributed by atoms with Crippen LogP contribution in [-0.4, -0.2) is 23.9 Å². The SMILES string of the molecule is CNC(=O)c1ncccc1Oc1ccc(NC(=N)Nc2ccc(Cl)c(C(F)(F)F)c2)c(F)c1. The van der Waals surface area contributed by atoms with Crippen molar-refractivity contribution in [3.05, 3.63) is 76.8 Å². The van der Waals surface area contributed by atoms with Gasteiger partial charge in [-0.3, -0.25) is 10.2 Å². The molecule has 12 heteroatoms. The molecule has 7 nitrogen and oxygen atoms in total. The molecule has 2 aromatic carbocycles. The quantitative estimate of drug-likeness (QED) is 0.219. The summed E-state index contributed by atoms with van der Waals surface area (Å²) >= 11 is 5.57. The van der Waals surface area contributed by atoms with Gasteiger partial charge in [-0.1, -0.05) is 11.6 Å². The van der Waals surface area contributed by atoms with E-state index in [1.807, 2.05) is 0 Å². The van der Waals surface area contributed by atoms with Crippen LogP contribution in [0.15, 0.2) is 54.7 Å². The van der Waals surface area contributed by atoms with Crippen molar-refractivity contribution in [3.8, 4) is 11.5 Å². The number of aromatic nitrogens is 1. The fraction of sp³-hybridized carbons (Fsp3) is 0.0952. The van der Waals surface area contributed by atoms with Crippen LogP contribution in [0.2, 0.25) is 5.02 Å². The lowest BCUT2D eigenvalue weighted by atomic mass is 10.2. The van der Waals surface area contributed by atoms with E-state index in [0.29, 0.717) is 0 Å². The van der Waals surface area contributed by atoms with Gasteiger partial charge in [-0.25, -0.2) is 9.37 Å². The number of anilines is 2. The van der Waals surface area contributed by atoms with Crippen LogP contribution in [0, 0.1) is 11.2 Å². The molecular formula is C21H16ClF4N5O2. The highest BCUT2D eigenvalue weighted by Gasteiger charge is 2.33. The zero-order valence-corrected chi connectivity index (χ0v) is 17.6. The molecule has 0 bridgehead atoms. The molecule has 0 saturated heterocycles. The minimum Gasteiger partial charge on any atom is -0.455 e. The summed E-state index contributed by atoms with van der Waals surface area (Å²) in [5.41, 5.74) is -1.26. The van der Waals surface area contributed by atoms with Gasteiger partial charge in [0.05, 0.1) is 16.3 Å². The van der Waals surface area contributed by atoms with Crippen LogP contribution >= 0.6 is 11.6 Å². The van der Waals surface area contributed by atoms with Gasteiger partial charge in [0.15, 0.2) is 17.4 Å². The molecule has 0 aliphatic rings. The van der Waals surface area contributed by atoms with Gasteiger partial charge in [0.2, 0.25) is 0 Å². The van der Waals surface area contributed by atoms with Gasteiger partial charge in [-0.15, -0.1) is 0 Å². The Morgan fingerprint density at radius 3 is 2.55 bits per heavy atom. The number of carbonyl (C=O) groups is 1. The van der Waals surface area contributed by atoms with Crippen LogP contribution in [0.1, 0.15) is 16.1 Å². The third kappa shape index (κ3) is 5.89. The molecule has 1 heterocycles. The maximum atomic E-state index is 14.5. The Morgan fingerprint density at radius 2 is 1.88 bits per heavy atom. The zero-order valence-electron chi connectivity index (χ0n) is 16.8. The average molecular weight is 482 g/mol. The number of pyridine rings is 1. The summed E-state index contributed by atoms with van der Waals surface area (Å²) in [5, 5.41) is 14.6.